The lowest BCUT2D eigenvalue weighted by Gasteiger charge is -2.34. The van der Waals surface area contributed by atoms with E-state index in [1.165, 1.54) is 23.3 Å². The Bertz CT molecular complexity index is 781. The summed E-state index contributed by atoms with van der Waals surface area (Å²) in [6.45, 7) is 5.01. The second-order valence-corrected chi connectivity index (χ2v) is 7.44. The molecule has 7 heteroatoms. The second-order valence-electron chi connectivity index (χ2n) is 7.44. The average molecular weight is 366 g/mol. The summed E-state index contributed by atoms with van der Waals surface area (Å²) in [7, 11) is 0. The number of benzene rings is 1. The van der Waals surface area contributed by atoms with Crippen molar-refractivity contribution in [2.45, 2.75) is 31.8 Å². The molecule has 1 aliphatic carbocycles. The van der Waals surface area contributed by atoms with E-state index in [4.69, 9.17) is 14.7 Å². The Morgan fingerprint density at radius 1 is 1.15 bits per heavy atom. The summed E-state index contributed by atoms with van der Waals surface area (Å²) in [5, 5.41) is 5.80. The van der Waals surface area contributed by atoms with E-state index in [1.807, 2.05) is 0 Å². The van der Waals surface area contributed by atoms with E-state index in [1.54, 1.807) is 0 Å². The van der Waals surface area contributed by atoms with Crippen molar-refractivity contribution in [2.24, 2.45) is 9.98 Å². The first-order valence-electron chi connectivity index (χ1n) is 9.90. The molecule has 4 aliphatic rings. The van der Waals surface area contributed by atoms with Crippen LogP contribution in [0.2, 0.25) is 0 Å². The summed E-state index contributed by atoms with van der Waals surface area (Å²) in [5.74, 6) is 1.70. The summed E-state index contributed by atoms with van der Waals surface area (Å²) < 4.78 is 5.45. The van der Waals surface area contributed by atoms with Gasteiger partial charge >= 0.3 is 0 Å². The lowest BCUT2D eigenvalue weighted by Crippen LogP contribution is -2.51. The number of fused-ring (bicyclic) bond motifs is 1. The number of rotatable bonds is 3. The number of hydrazine groups is 1. The Kier molecular flexibility index (Phi) is 4.55. The monoisotopic (exact) mass is 366 g/mol. The molecule has 27 heavy (non-hydrogen) atoms. The maximum atomic E-state index is 5.45. The van der Waals surface area contributed by atoms with E-state index >= 15 is 0 Å². The van der Waals surface area contributed by atoms with Crippen LogP contribution >= 0.6 is 0 Å². The molecular weight excluding hydrogens is 340 g/mol. The molecule has 142 valence electrons. The van der Waals surface area contributed by atoms with Gasteiger partial charge in [-0.05, 0) is 30.4 Å². The van der Waals surface area contributed by atoms with Gasteiger partial charge in [0.15, 0.2) is 0 Å². The molecule has 0 bridgehead atoms. The minimum Gasteiger partial charge on any atom is -0.378 e. The van der Waals surface area contributed by atoms with Gasteiger partial charge in [0.05, 0.1) is 25.5 Å². The van der Waals surface area contributed by atoms with E-state index in [2.05, 4.69) is 51.0 Å². The zero-order valence-corrected chi connectivity index (χ0v) is 15.5. The quantitative estimate of drug-likeness (QED) is 0.848. The molecule has 0 radical (unpaired) electrons. The van der Waals surface area contributed by atoms with Gasteiger partial charge in [0.1, 0.15) is 0 Å². The number of nitrogens with zero attached hydrogens (tertiary/aromatic N) is 4. The number of hydrogen-bond acceptors (Lipinski definition) is 7. The highest BCUT2D eigenvalue weighted by atomic mass is 16.5. The number of hydrogen-bond donors (Lipinski definition) is 2. The van der Waals surface area contributed by atoms with Gasteiger partial charge in [0.2, 0.25) is 11.9 Å². The van der Waals surface area contributed by atoms with Gasteiger partial charge in [-0.1, -0.05) is 30.3 Å². The Morgan fingerprint density at radius 3 is 2.85 bits per heavy atom. The molecule has 3 aliphatic heterocycles. The standard InChI is InChI=1S/C20H26N6O/c1-2-5-15(6-3-1)13-21-17-8-4-7-16-14-26-19(22-18(16)17)23-20(24-26)25-9-11-27-12-10-25/h1-3,5-6,17,21H,4,7-14H2,(H,22,23,24). The Morgan fingerprint density at radius 2 is 2.00 bits per heavy atom. The molecule has 1 atom stereocenters. The third kappa shape index (κ3) is 3.44. The molecule has 1 fully saturated rings. The first-order valence-corrected chi connectivity index (χ1v) is 9.90. The maximum Gasteiger partial charge on any atom is 0.248 e. The van der Waals surface area contributed by atoms with Crippen molar-refractivity contribution in [3.63, 3.8) is 0 Å². The largest absolute Gasteiger partial charge is 0.378 e. The van der Waals surface area contributed by atoms with Crippen molar-refractivity contribution in [2.75, 3.05) is 32.8 Å². The predicted molar refractivity (Wildman–Crippen MR) is 105 cm³/mol. The third-order valence-electron chi connectivity index (χ3n) is 5.62. The lowest BCUT2D eigenvalue weighted by atomic mass is 9.91. The minimum atomic E-state index is 0.311. The molecular formula is C20H26N6O. The van der Waals surface area contributed by atoms with Gasteiger partial charge in [0.25, 0.3) is 0 Å². The van der Waals surface area contributed by atoms with Crippen LogP contribution in [0.5, 0.6) is 0 Å². The summed E-state index contributed by atoms with van der Waals surface area (Å²) in [6, 6.07) is 10.9. The zero-order valence-electron chi connectivity index (χ0n) is 15.5. The molecule has 5 rings (SSSR count). The zero-order chi connectivity index (χ0) is 18.1. The van der Waals surface area contributed by atoms with Crippen molar-refractivity contribution >= 4 is 11.9 Å². The van der Waals surface area contributed by atoms with Crippen LogP contribution in [-0.4, -0.2) is 60.7 Å². The van der Waals surface area contributed by atoms with Crippen molar-refractivity contribution in [3.05, 3.63) is 47.2 Å². The summed E-state index contributed by atoms with van der Waals surface area (Å²) >= 11 is 0. The van der Waals surface area contributed by atoms with Crippen LogP contribution in [0, 0.1) is 0 Å². The van der Waals surface area contributed by atoms with Crippen molar-refractivity contribution in [3.8, 4) is 0 Å². The van der Waals surface area contributed by atoms with Crippen LogP contribution in [-0.2, 0) is 11.3 Å². The summed E-state index contributed by atoms with van der Waals surface area (Å²) in [4.78, 5) is 12.0. The number of morpholine rings is 1. The molecule has 0 spiro atoms. The fraction of sp³-hybridized carbons (Fsp3) is 0.500. The van der Waals surface area contributed by atoms with E-state index in [0.717, 1.165) is 64.2 Å². The molecule has 0 aromatic heterocycles. The van der Waals surface area contributed by atoms with Gasteiger partial charge in [-0.15, -0.1) is 0 Å². The molecule has 1 saturated heterocycles. The number of guanidine groups is 2. The number of nitrogens with one attached hydrogen (secondary N) is 2. The maximum absolute atomic E-state index is 5.45. The average Bonchev–Trinajstić information content (AvgIpc) is 3.15. The van der Waals surface area contributed by atoms with Crippen LogP contribution in [0.15, 0.2) is 51.6 Å². The van der Waals surface area contributed by atoms with Gasteiger partial charge in [-0.2, -0.15) is 4.99 Å². The first kappa shape index (κ1) is 16.8. The van der Waals surface area contributed by atoms with Crippen LogP contribution < -0.4 is 10.7 Å². The van der Waals surface area contributed by atoms with Crippen LogP contribution in [0.4, 0.5) is 0 Å². The Labute approximate surface area is 159 Å². The van der Waals surface area contributed by atoms with Crippen molar-refractivity contribution < 1.29 is 4.74 Å². The predicted octanol–water partition coefficient (Wildman–Crippen LogP) is 1.46. The van der Waals surface area contributed by atoms with E-state index in [9.17, 15) is 0 Å². The SMILES string of the molecule is c1ccc(CNC2CCCC3=C2N=C2N=C(N4CCOCC4)NN2C3)cc1. The topological polar surface area (TPSA) is 64.5 Å². The Balaban J connectivity index is 1.32. The normalized spacial score (nSPS) is 24.8. The van der Waals surface area contributed by atoms with E-state index in [-0.39, 0.29) is 0 Å². The molecule has 7 nitrogen and oxygen atoms in total. The summed E-state index contributed by atoms with van der Waals surface area (Å²) in [5.41, 5.74) is 7.38. The first-order chi connectivity index (χ1) is 13.4. The number of aliphatic imine (C=N–C) groups is 2. The lowest BCUT2D eigenvalue weighted by molar-refractivity contribution is 0.0657. The fourth-order valence-electron chi connectivity index (χ4n) is 4.14. The van der Waals surface area contributed by atoms with E-state index < -0.39 is 0 Å². The second kappa shape index (κ2) is 7.32. The van der Waals surface area contributed by atoms with Gasteiger partial charge < -0.3 is 15.0 Å². The van der Waals surface area contributed by atoms with Gasteiger partial charge in [-0.3, -0.25) is 5.43 Å². The van der Waals surface area contributed by atoms with E-state index in [0.29, 0.717) is 6.04 Å². The molecule has 1 aromatic rings. The smallest absolute Gasteiger partial charge is 0.248 e. The number of ether oxygens (including phenoxy) is 1. The molecule has 0 saturated carbocycles. The Hall–Kier alpha value is -2.38. The van der Waals surface area contributed by atoms with Crippen LogP contribution in [0.25, 0.3) is 0 Å². The molecule has 1 aromatic carbocycles. The third-order valence-corrected chi connectivity index (χ3v) is 5.62. The minimum absolute atomic E-state index is 0.311. The highest BCUT2D eigenvalue weighted by Crippen LogP contribution is 2.31. The highest BCUT2D eigenvalue weighted by Gasteiger charge is 2.34. The highest BCUT2D eigenvalue weighted by molar-refractivity contribution is 6.01. The fourth-order valence-corrected chi connectivity index (χ4v) is 4.14. The molecule has 0 amide bonds. The molecule has 3 heterocycles. The molecule has 2 N–H and O–H groups in total. The van der Waals surface area contributed by atoms with Gasteiger partial charge in [0, 0.05) is 25.7 Å². The molecule has 1 unspecified atom stereocenters. The van der Waals surface area contributed by atoms with Crippen molar-refractivity contribution in [1.29, 1.82) is 0 Å². The van der Waals surface area contributed by atoms with Crippen molar-refractivity contribution in [1.82, 2.24) is 20.7 Å². The van der Waals surface area contributed by atoms with Crippen LogP contribution in [0.1, 0.15) is 24.8 Å². The summed E-state index contributed by atoms with van der Waals surface area (Å²) in [6.07, 6.45) is 3.47. The van der Waals surface area contributed by atoms with Crippen LogP contribution in [0.3, 0.4) is 0 Å². The van der Waals surface area contributed by atoms with Gasteiger partial charge in [-0.25, -0.2) is 10.0 Å².